The third kappa shape index (κ3) is 2.08. The molecule has 2 aromatic rings. The molecule has 94 valence electrons. The van der Waals surface area contributed by atoms with Crippen molar-refractivity contribution in [2.75, 3.05) is 0 Å². The minimum absolute atomic E-state index is 0.306. The number of aliphatic hydroxyl groups is 1. The van der Waals surface area contributed by atoms with Crippen LogP contribution in [0.1, 0.15) is 30.2 Å². The van der Waals surface area contributed by atoms with Gasteiger partial charge in [-0.25, -0.2) is 0 Å². The number of nitrogens with zero attached hydrogens (tertiary/aromatic N) is 1. The zero-order chi connectivity index (χ0) is 12.7. The van der Waals surface area contributed by atoms with Gasteiger partial charge in [0.05, 0.1) is 11.8 Å². The van der Waals surface area contributed by atoms with Crippen molar-refractivity contribution >= 4 is 34.2 Å². The molecule has 1 aromatic carbocycles. The van der Waals surface area contributed by atoms with Crippen LogP contribution in [-0.4, -0.2) is 9.67 Å². The first-order chi connectivity index (χ1) is 8.66. The van der Waals surface area contributed by atoms with Crippen LogP contribution in [0.4, 0.5) is 0 Å². The standard InChI is InChI=1S/C14H13ClINO/c15-9-4-5-13(11(16)8-9)17-7-6-10-12(17)2-1-3-14(10)18/h4-8,14,18H,1-3H2. The van der Waals surface area contributed by atoms with E-state index in [1.807, 2.05) is 30.5 Å². The van der Waals surface area contributed by atoms with Crippen molar-refractivity contribution in [1.29, 1.82) is 0 Å². The van der Waals surface area contributed by atoms with Gasteiger partial charge in [0.15, 0.2) is 0 Å². The highest BCUT2D eigenvalue weighted by Gasteiger charge is 2.22. The second-order valence-electron chi connectivity index (χ2n) is 4.59. The molecule has 0 amide bonds. The molecule has 3 rings (SSSR count). The minimum Gasteiger partial charge on any atom is -0.388 e. The summed E-state index contributed by atoms with van der Waals surface area (Å²) in [5.41, 5.74) is 3.44. The quantitative estimate of drug-likeness (QED) is 0.748. The summed E-state index contributed by atoms with van der Waals surface area (Å²) in [6.07, 6.45) is 4.68. The smallest absolute Gasteiger partial charge is 0.0807 e. The van der Waals surface area contributed by atoms with Crippen LogP contribution in [0.2, 0.25) is 5.02 Å². The van der Waals surface area contributed by atoms with Gasteiger partial charge < -0.3 is 9.67 Å². The summed E-state index contributed by atoms with van der Waals surface area (Å²) in [6, 6.07) is 7.93. The van der Waals surface area contributed by atoms with Gasteiger partial charge in [0.1, 0.15) is 0 Å². The van der Waals surface area contributed by atoms with Gasteiger partial charge in [0, 0.05) is 26.0 Å². The van der Waals surface area contributed by atoms with Crippen LogP contribution in [0, 0.1) is 3.57 Å². The van der Waals surface area contributed by atoms with E-state index < -0.39 is 0 Å². The van der Waals surface area contributed by atoms with E-state index in [2.05, 4.69) is 27.2 Å². The van der Waals surface area contributed by atoms with E-state index >= 15 is 0 Å². The van der Waals surface area contributed by atoms with Crippen LogP contribution in [0.15, 0.2) is 30.5 Å². The van der Waals surface area contributed by atoms with Crippen molar-refractivity contribution in [2.45, 2.75) is 25.4 Å². The first kappa shape index (κ1) is 12.5. The van der Waals surface area contributed by atoms with Crippen molar-refractivity contribution in [3.05, 3.63) is 50.3 Å². The van der Waals surface area contributed by atoms with E-state index in [9.17, 15) is 5.11 Å². The van der Waals surface area contributed by atoms with Gasteiger partial charge in [0.2, 0.25) is 0 Å². The SMILES string of the molecule is OC1CCCc2c1ccn2-c1ccc(Cl)cc1I. The maximum Gasteiger partial charge on any atom is 0.0807 e. The van der Waals surface area contributed by atoms with Crippen molar-refractivity contribution in [3.63, 3.8) is 0 Å². The van der Waals surface area contributed by atoms with E-state index in [0.717, 1.165) is 39.1 Å². The molecule has 0 aliphatic heterocycles. The molecule has 1 aromatic heterocycles. The van der Waals surface area contributed by atoms with Crippen molar-refractivity contribution < 1.29 is 5.11 Å². The third-order valence-electron chi connectivity index (χ3n) is 3.45. The molecule has 1 heterocycles. The van der Waals surface area contributed by atoms with Crippen LogP contribution < -0.4 is 0 Å². The Bertz CT molecular complexity index is 593. The molecule has 0 saturated heterocycles. The highest BCUT2D eigenvalue weighted by atomic mass is 127. The fourth-order valence-electron chi connectivity index (χ4n) is 2.57. The van der Waals surface area contributed by atoms with E-state index in [-0.39, 0.29) is 6.10 Å². The second-order valence-corrected chi connectivity index (χ2v) is 6.19. The molecule has 2 nitrogen and oxygen atoms in total. The summed E-state index contributed by atoms with van der Waals surface area (Å²) >= 11 is 8.29. The maximum absolute atomic E-state index is 10.00. The Morgan fingerprint density at radius 3 is 2.94 bits per heavy atom. The summed E-state index contributed by atoms with van der Waals surface area (Å²) in [4.78, 5) is 0. The van der Waals surface area contributed by atoms with Gasteiger partial charge in [0.25, 0.3) is 0 Å². The molecule has 4 heteroatoms. The van der Waals surface area contributed by atoms with E-state index in [1.54, 1.807) is 0 Å². The summed E-state index contributed by atoms with van der Waals surface area (Å²) < 4.78 is 3.30. The lowest BCUT2D eigenvalue weighted by Gasteiger charge is -2.20. The third-order valence-corrected chi connectivity index (χ3v) is 4.55. The molecule has 0 spiro atoms. The zero-order valence-corrected chi connectivity index (χ0v) is 12.6. The molecule has 1 N–H and O–H groups in total. The normalized spacial score (nSPS) is 18.7. The molecule has 18 heavy (non-hydrogen) atoms. The predicted octanol–water partition coefficient (Wildman–Crippen LogP) is 4.11. The first-order valence-electron chi connectivity index (χ1n) is 6.00. The maximum atomic E-state index is 10.00. The van der Waals surface area contributed by atoms with E-state index in [0.29, 0.717) is 0 Å². The Kier molecular flexibility index (Phi) is 3.38. The lowest BCUT2D eigenvalue weighted by Crippen LogP contribution is -2.11. The van der Waals surface area contributed by atoms with E-state index in [4.69, 9.17) is 11.6 Å². The fraction of sp³-hybridized carbons (Fsp3) is 0.286. The molecular formula is C14H13ClINO. The second kappa shape index (κ2) is 4.87. The number of halogens is 2. The van der Waals surface area contributed by atoms with Crippen molar-refractivity contribution in [1.82, 2.24) is 4.57 Å². The number of aromatic nitrogens is 1. The topological polar surface area (TPSA) is 25.2 Å². The highest BCUT2D eigenvalue weighted by molar-refractivity contribution is 14.1. The van der Waals surface area contributed by atoms with Crippen molar-refractivity contribution in [3.8, 4) is 5.69 Å². The number of hydrogen-bond donors (Lipinski definition) is 1. The zero-order valence-electron chi connectivity index (χ0n) is 9.74. The van der Waals surface area contributed by atoms with Gasteiger partial charge in [-0.2, -0.15) is 0 Å². The van der Waals surface area contributed by atoms with Crippen LogP contribution in [0.25, 0.3) is 5.69 Å². The lowest BCUT2D eigenvalue weighted by molar-refractivity contribution is 0.156. The number of aliphatic hydroxyl groups excluding tert-OH is 1. The number of rotatable bonds is 1. The average molecular weight is 374 g/mol. The predicted molar refractivity (Wildman–Crippen MR) is 81.4 cm³/mol. The largest absolute Gasteiger partial charge is 0.388 e. The summed E-state index contributed by atoms with van der Waals surface area (Å²) in [5, 5.41) is 10.8. The Morgan fingerprint density at radius 2 is 2.17 bits per heavy atom. The van der Waals surface area contributed by atoms with Crippen LogP contribution in [-0.2, 0) is 6.42 Å². The number of benzene rings is 1. The minimum atomic E-state index is -0.306. The van der Waals surface area contributed by atoms with E-state index in [1.165, 1.54) is 5.69 Å². The van der Waals surface area contributed by atoms with Gasteiger partial charge in [-0.1, -0.05) is 11.6 Å². The molecule has 1 aliphatic rings. The summed E-state index contributed by atoms with van der Waals surface area (Å²) in [7, 11) is 0. The number of hydrogen-bond acceptors (Lipinski definition) is 1. The molecule has 0 fully saturated rings. The Labute approximate surface area is 125 Å². The molecule has 1 atom stereocenters. The molecule has 0 bridgehead atoms. The summed E-state index contributed by atoms with van der Waals surface area (Å²) in [5.74, 6) is 0. The molecule has 0 radical (unpaired) electrons. The van der Waals surface area contributed by atoms with Crippen LogP contribution in [0.3, 0.4) is 0 Å². The van der Waals surface area contributed by atoms with Gasteiger partial charge in [-0.05, 0) is 66.1 Å². The monoisotopic (exact) mass is 373 g/mol. The fourth-order valence-corrected chi connectivity index (χ4v) is 3.70. The van der Waals surface area contributed by atoms with Crippen LogP contribution >= 0.6 is 34.2 Å². The molecule has 0 saturated carbocycles. The Morgan fingerprint density at radius 1 is 1.33 bits per heavy atom. The summed E-state index contributed by atoms with van der Waals surface area (Å²) in [6.45, 7) is 0. The molecular weight excluding hydrogens is 361 g/mol. The lowest BCUT2D eigenvalue weighted by atomic mass is 9.95. The Balaban J connectivity index is 2.12. The van der Waals surface area contributed by atoms with Crippen molar-refractivity contribution in [2.24, 2.45) is 0 Å². The highest BCUT2D eigenvalue weighted by Crippen LogP contribution is 2.33. The van der Waals surface area contributed by atoms with Gasteiger partial charge in [-0.15, -0.1) is 0 Å². The molecule has 1 aliphatic carbocycles. The Hall–Kier alpha value is -0.520. The number of fused-ring (bicyclic) bond motifs is 1. The van der Waals surface area contributed by atoms with Crippen LogP contribution in [0.5, 0.6) is 0 Å². The average Bonchev–Trinajstić information content (AvgIpc) is 2.74. The molecule has 1 unspecified atom stereocenters. The van der Waals surface area contributed by atoms with Gasteiger partial charge in [-0.3, -0.25) is 0 Å². The first-order valence-corrected chi connectivity index (χ1v) is 7.46. The van der Waals surface area contributed by atoms with Gasteiger partial charge >= 0.3 is 0 Å².